The standard InChI is InChI=1S/C10H12F3NOS/c1-4-9(16-8(3)15)6-5-7(2)14-10(11,12)13/h4-6,14H,1H2,2-3H3/b7-5+,9-6+. The fraction of sp³-hybridized carbons (Fsp3) is 0.300. The van der Waals surface area contributed by atoms with Gasteiger partial charge in [0.1, 0.15) is 0 Å². The first-order chi connectivity index (χ1) is 7.24. The van der Waals surface area contributed by atoms with Gasteiger partial charge in [-0.15, -0.1) is 0 Å². The topological polar surface area (TPSA) is 29.1 Å². The molecule has 0 heterocycles. The van der Waals surface area contributed by atoms with Crippen molar-refractivity contribution in [2.75, 3.05) is 0 Å². The molecule has 0 aliphatic heterocycles. The molecule has 0 saturated carbocycles. The second-order valence-corrected chi connectivity index (χ2v) is 4.09. The van der Waals surface area contributed by atoms with Gasteiger partial charge in [0, 0.05) is 17.5 Å². The Balaban J connectivity index is 4.56. The quantitative estimate of drug-likeness (QED) is 0.613. The average molecular weight is 251 g/mol. The molecule has 0 radical (unpaired) electrons. The zero-order chi connectivity index (χ0) is 12.8. The number of allylic oxidation sites excluding steroid dienone is 4. The van der Waals surface area contributed by atoms with Crippen LogP contribution in [0.3, 0.4) is 0 Å². The summed E-state index contributed by atoms with van der Waals surface area (Å²) in [6.45, 7) is 6.10. The highest BCUT2D eigenvalue weighted by Gasteiger charge is 2.26. The summed E-state index contributed by atoms with van der Waals surface area (Å²) >= 11 is 0.910. The molecule has 2 nitrogen and oxygen atoms in total. The minimum Gasteiger partial charge on any atom is -0.302 e. The van der Waals surface area contributed by atoms with Crippen LogP contribution in [0.25, 0.3) is 0 Å². The Hall–Kier alpha value is -1.17. The van der Waals surface area contributed by atoms with Crippen LogP contribution in [0.4, 0.5) is 13.2 Å². The summed E-state index contributed by atoms with van der Waals surface area (Å²) in [7, 11) is 0. The minimum absolute atomic E-state index is 0.0593. The van der Waals surface area contributed by atoms with E-state index in [0.717, 1.165) is 11.8 Å². The maximum Gasteiger partial charge on any atom is 0.482 e. The van der Waals surface area contributed by atoms with Crippen molar-refractivity contribution in [2.24, 2.45) is 0 Å². The van der Waals surface area contributed by atoms with Gasteiger partial charge in [0.2, 0.25) is 0 Å². The van der Waals surface area contributed by atoms with E-state index in [0.29, 0.717) is 4.91 Å². The van der Waals surface area contributed by atoms with Crippen LogP contribution in [-0.2, 0) is 4.79 Å². The highest BCUT2D eigenvalue weighted by Crippen LogP contribution is 2.18. The smallest absolute Gasteiger partial charge is 0.302 e. The first-order valence-electron chi connectivity index (χ1n) is 4.29. The van der Waals surface area contributed by atoms with Gasteiger partial charge in [0.25, 0.3) is 0 Å². The molecule has 6 heteroatoms. The number of alkyl halides is 3. The second-order valence-electron chi connectivity index (χ2n) is 2.84. The number of carbonyl (C=O) groups excluding carboxylic acids is 1. The molecule has 1 N–H and O–H groups in total. The van der Waals surface area contributed by atoms with E-state index >= 15 is 0 Å². The molecule has 0 atom stereocenters. The van der Waals surface area contributed by atoms with Crippen LogP contribution >= 0.6 is 11.8 Å². The van der Waals surface area contributed by atoms with Crippen LogP contribution in [0.15, 0.2) is 35.4 Å². The third-order valence-corrected chi connectivity index (χ3v) is 2.13. The fourth-order valence-electron chi connectivity index (χ4n) is 0.782. The van der Waals surface area contributed by atoms with E-state index < -0.39 is 6.30 Å². The van der Waals surface area contributed by atoms with Crippen molar-refractivity contribution in [2.45, 2.75) is 20.1 Å². The lowest BCUT2D eigenvalue weighted by atomic mass is 10.4. The molecule has 0 unspecified atom stereocenters. The molecule has 0 fully saturated rings. The van der Waals surface area contributed by atoms with Gasteiger partial charge < -0.3 is 5.32 Å². The third kappa shape index (κ3) is 8.16. The van der Waals surface area contributed by atoms with Crippen LogP contribution < -0.4 is 5.32 Å². The van der Waals surface area contributed by atoms with Gasteiger partial charge in [-0.3, -0.25) is 4.79 Å². The van der Waals surface area contributed by atoms with E-state index in [1.807, 2.05) is 0 Å². The van der Waals surface area contributed by atoms with Gasteiger partial charge in [0.05, 0.1) is 0 Å². The molecular formula is C10H12F3NOS. The highest BCUT2D eigenvalue weighted by molar-refractivity contribution is 8.17. The summed E-state index contributed by atoms with van der Waals surface area (Å²) < 4.78 is 35.6. The van der Waals surface area contributed by atoms with Crippen LogP contribution in [-0.4, -0.2) is 11.4 Å². The van der Waals surface area contributed by atoms with Gasteiger partial charge in [0.15, 0.2) is 5.12 Å². The number of nitrogens with one attached hydrogen (secondary N) is 1. The summed E-state index contributed by atoms with van der Waals surface area (Å²) in [6.07, 6.45) is -0.409. The number of carbonyl (C=O) groups is 1. The number of rotatable bonds is 4. The summed E-state index contributed by atoms with van der Waals surface area (Å²) in [5.74, 6) is 0. The first-order valence-corrected chi connectivity index (χ1v) is 5.10. The summed E-state index contributed by atoms with van der Waals surface area (Å²) in [5.41, 5.74) is -0.0593. The van der Waals surface area contributed by atoms with E-state index in [9.17, 15) is 18.0 Å². The van der Waals surface area contributed by atoms with E-state index in [4.69, 9.17) is 0 Å². The first kappa shape index (κ1) is 14.8. The fourth-order valence-corrected chi connectivity index (χ4v) is 1.33. The lowest BCUT2D eigenvalue weighted by Crippen LogP contribution is -2.29. The molecule has 0 aliphatic rings. The van der Waals surface area contributed by atoms with E-state index in [-0.39, 0.29) is 10.8 Å². The summed E-state index contributed by atoms with van der Waals surface area (Å²) in [5, 5.41) is 1.19. The molecule has 16 heavy (non-hydrogen) atoms. The van der Waals surface area contributed by atoms with Gasteiger partial charge in [-0.1, -0.05) is 24.4 Å². The van der Waals surface area contributed by atoms with Crippen molar-refractivity contribution >= 4 is 16.9 Å². The molecule has 0 saturated heterocycles. The van der Waals surface area contributed by atoms with Crippen molar-refractivity contribution in [3.05, 3.63) is 35.4 Å². The predicted molar refractivity (Wildman–Crippen MR) is 59.5 cm³/mol. The maximum absolute atomic E-state index is 11.9. The molecule has 0 aromatic carbocycles. The predicted octanol–water partition coefficient (Wildman–Crippen LogP) is 3.35. The Labute approximate surface area is 96.3 Å². The Bertz CT molecular complexity index is 331. The maximum atomic E-state index is 11.9. The minimum atomic E-state index is -4.45. The van der Waals surface area contributed by atoms with E-state index in [1.54, 1.807) is 0 Å². The molecule has 0 rings (SSSR count). The van der Waals surface area contributed by atoms with Crippen molar-refractivity contribution < 1.29 is 18.0 Å². The number of hydrogen-bond donors (Lipinski definition) is 1. The Morgan fingerprint density at radius 1 is 1.31 bits per heavy atom. The van der Waals surface area contributed by atoms with Crippen LogP contribution in [0, 0.1) is 0 Å². The Morgan fingerprint density at radius 3 is 2.25 bits per heavy atom. The third-order valence-electron chi connectivity index (χ3n) is 1.30. The highest BCUT2D eigenvalue weighted by atomic mass is 32.2. The summed E-state index contributed by atoms with van der Waals surface area (Å²) in [4.78, 5) is 11.2. The average Bonchev–Trinajstić information content (AvgIpc) is 2.08. The van der Waals surface area contributed by atoms with Gasteiger partial charge in [-0.05, 0) is 19.1 Å². The normalized spacial score (nSPS) is 13.6. The van der Waals surface area contributed by atoms with Crippen molar-refractivity contribution in [1.29, 1.82) is 0 Å². The van der Waals surface area contributed by atoms with Crippen LogP contribution in [0.2, 0.25) is 0 Å². The molecule has 0 spiro atoms. The SMILES string of the molecule is C=C/C(=C\C=C(/C)NC(F)(F)F)SC(C)=O. The van der Waals surface area contributed by atoms with Gasteiger partial charge in [-0.25, -0.2) is 0 Å². The Morgan fingerprint density at radius 2 is 1.88 bits per heavy atom. The van der Waals surface area contributed by atoms with Crippen LogP contribution in [0.1, 0.15) is 13.8 Å². The monoisotopic (exact) mass is 251 g/mol. The molecule has 0 aromatic heterocycles. The molecule has 0 bridgehead atoms. The number of hydrogen-bond acceptors (Lipinski definition) is 3. The summed E-state index contributed by atoms with van der Waals surface area (Å²) in [6, 6.07) is 0. The Kier molecular flexibility index (Phi) is 5.95. The zero-order valence-corrected chi connectivity index (χ0v) is 9.71. The largest absolute Gasteiger partial charge is 0.482 e. The molecule has 0 aromatic rings. The molecule has 0 aliphatic carbocycles. The molecule has 0 amide bonds. The van der Waals surface area contributed by atoms with E-state index in [2.05, 4.69) is 6.58 Å². The van der Waals surface area contributed by atoms with E-state index in [1.165, 1.54) is 37.4 Å². The number of halogens is 3. The lowest BCUT2D eigenvalue weighted by Gasteiger charge is -2.09. The number of thioether (sulfide) groups is 1. The molecule has 90 valence electrons. The second kappa shape index (κ2) is 6.42. The van der Waals surface area contributed by atoms with Crippen molar-refractivity contribution in [3.8, 4) is 0 Å². The van der Waals surface area contributed by atoms with Crippen molar-refractivity contribution in [3.63, 3.8) is 0 Å². The van der Waals surface area contributed by atoms with Crippen molar-refractivity contribution in [1.82, 2.24) is 5.32 Å². The lowest BCUT2D eigenvalue weighted by molar-refractivity contribution is -0.149. The van der Waals surface area contributed by atoms with Crippen LogP contribution in [0.5, 0.6) is 0 Å². The molecular weight excluding hydrogens is 239 g/mol. The van der Waals surface area contributed by atoms with Gasteiger partial charge in [-0.2, -0.15) is 13.2 Å². The zero-order valence-electron chi connectivity index (χ0n) is 8.89. The van der Waals surface area contributed by atoms with Gasteiger partial charge >= 0.3 is 6.30 Å².